The van der Waals surface area contributed by atoms with E-state index in [1.807, 2.05) is 71.9 Å². The Kier molecular flexibility index (Phi) is 11.0. The molecule has 1 N–H and O–H groups in total. The third kappa shape index (κ3) is 6.98. The Hall–Kier alpha value is -5.42. The van der Waals surface area contributed by atoms with Crippen LogP contribution in [0.2, 0.25) is 0 Å². The molecule has 12 nitrogen and oxygen atoms in total. The Balaban J connectivity index is 0.000000205. The molecule has 3 aromatic rings. The third-order valence-corrected chi connectivity index (χ3v) is 14.4. The second-order valence-electron chi connectivity index (χ2n) is 17.5. The molecule has 2 fully saturated rings. The van der Waals surface area contributed by atoms with Crippen molar-refractivity contribution in [3.05, 3.63) is 103 Å². The number of methoxy groups -OCH3 is 1. The van der Waals surface area contributed by atoms with Crippen LogP contribution in [0.1, 0.15) is 82.2 Å². The lowest BCUT2D eigenvalue weighted by Gasteiger charge is -2.60. The van der Waals surface area contributed by atoms with Crippen LogP contribution in [0, 0.1) is 31.1 Å². The van der Waals surface area contributed by atoms with E-state index in [0.29, 0.717) is 36.2 Å². The van der Waals surface area contributed by atoms with E-state index in [0.717, 1.165) is 26.5 Å². The van der Waals surface area contributed by atoms with E-state index < -0.39 is 67.8 Å². The zero-order valence-corrected chi connectivity index (χ0v) is 34.2. The number of benzene rings is 3. The summed E-state index contributed by atoms with van der Waals surface area (Å²) in [4.78, 5) is 48.2. The van der Waals surface area contributed by atoms with E-state index in [9.17, 15) is 56.2 Å². The van der Waals surface area contributed by atoms with E-state index in [1.165, 1.54) is 19.2 Å². The number of carbonyl (C=O) groups excluding carboxylic acids is 2. The lowest BCUT2D eigenvalue weighted by atomic mass is 9.50. The van der Waals surface area contributed by atoms with E-state index in [-0.39, 0.29) is 43.1 Å². The van der Waals surface area contributed by atoms with E-state index in [4.69, 9.17) is 4.74 Å². The number of amides is 2. The maximum atomic E-state index is 13.4. The average Bonchev–Trinajstić information content (AvgIpc) is 3.15. The van der Waals surface area contributed by atoms with Crippen LogP contribution in [0.5, 0.6) is 5.75 Å². The van der Waals surface area contributed by atoms with Crippen molar-refractivity contribution >= 4 is 28.9 Å². The van der Waals surface area contributed by atoms with Crippen molar-refractivity contribution in [2.45, 2.75) is 109 Å². The second-order valence-corrected chi connectivity index (χ2v) is 17.5. The molecule has 0 saturated carbocycles. The number of nitrogens with one attached hydrogen (secondary N) is 1. The predicted molar refractivity (Wildman–Crippen MR) is 209 cm³/mol. The number of hydrogen-bond acceptors (Lipinski definition) is 8. The summed E-state index contributed by atoms with van der Waals surface area (Å²) in [6.45, 7) is 11.7. The second kappa shape index (κ2) is 14.9. The highest BCUT2D eigenvalue weighted by Crippen LogP contribution is 2.60. The van der Waals surface area contributed by atoms with E-state index >= 15 is 0 Å². The molecule has 2 saturated heterocycles. The Morgan fingerprint density at radius 3 is 1.58 bits per heavy atom. The van der Waals surface area contributed by atoms with Crippen LogP contribution in [-0.4, -0.2) is 76.1 Å². The van der Waals surface area contributed by atoms with Gasteiger partial charge in [-0.05, 0) is 58.8 Å². The zero-order chi connectivity index (χ0) is 44.5. The van der Waals surface area contributed by atoms with Gasteiger partial charge in [-0.15, -0.1) is 0 Å². The molecule has 60 heavy (non-hydrogen) atoms. The Labute approximate surface area is 342 Å². The average molecular weight is 848 g/mol. The number of nitrogens with zero attached hydrogens (tertiary/aromatic N) is 4. The van der Waals surface area contributed by atoms with Crippen LogP contribution in [0.25, 0.3) is 0 Å². The maximum Gasteiger partial charge on any atom is 0.471 e. The summed E-state index contributed by atoms with van der Waals surface area (Å²) in [5.74, 6) is -3.66. The molecule has 4 aliphatic rings. The molecular weight excluding hydrogens is 800 g/mol. The molecule has 0 spiro atoms. The molecule has 324 valence electrons. The summed E-state index contributed by atoms with van der Waals surface area (Å²) in [7, 11) is 1.30. The third-order valence-electron chi connectivity index (χ3n) is 14.4. The number of piperidine rings is 2. The molecule has 3 aromatic carbocycles. The molecule has 4 bridgehead atoms. The SMILES string of the molecule is CC1(C)[C@H]2Cc3c(ccc([N+](=O)[O-])c3NCc3ccccc3)[C@]1(C)CCN2C(=O)C(F)(F)F.COc1c([N+](=O)[O-])ccc2c1C[C@H]1N(C(=O)C(F)(F)F)CC[C@]2(C)C1(C)C. The molecule has 0 radical (unpaired) electrons. The van der Waals surface area contributed by atoms with Crippen LogP contribution < -0.4 is 10.1 Å². The fourth-order valence-corrected chi connectivity index (χ4v) is 10.3. The summed E-state index contributed by atoms with van der Waals surface area (Å²) < 4.78 is 84.7. The quantitative estimate of drug-likeness (QED) is 0.147. The van der Waals surface area contributed by atoms with Gasteiger partial charge < -0.3 is 19.9 Å². The first-order valence-corrected chi connectivity index (χ1v) is 19.4. The fourth-order valence-electron chi connectivity index (χ4n) is 10.3. The largest absolute Gasteiger partial charge is 0.490 e. The first kappa shape index (κ1) is 44.1. The van der Waals surface area contributed by atoms with Crippen molar-refractivity contribution in [3.63, 3.8) is 0 Å². The van der Waals surface area contributed by atoms with Crippen molar-refractivity contribution in [1.29, 1.82) is 0 Å². The molecule has 4 atom stereocenters. The first-order chi connectivity index (χ1) is 27.7. The van der Waals surface area contributed by atoms with Gasteiger partial charge in [-0.1, -0.05) is 84.0 Å². The fraction of sp³-hybridized carbons (Fsp3) is 0.524. The minimum atomic E-state index is -4.97. The normalized spacial score (nSPS) is 24.8. The standard InChI is InChI=1S/C24H26F3N3O3.C18H21F3N2O4/c1-22(2)19-13-16-17(23(22,3)11-12-29(19)21(31)24(25,26)27)9-10-18(30(32)33)20(16)28-14-15-7-5-4-6-8-15;1-16(2)13-9-10-11(5-6-12(23(25)26)14(10)27-4)17(16,3)7-8-22(13)15(24)18(19,20)21/h4-10,19,28H,11-14H2,1-3H3;5-6,13H,7-9H2,1-4H3/t19-,23+;13-,17+/m11/s1. The van der Waals surface area contributed by atoms with E-state index in [2.05, 4.69) is 5.32 Å². The number of carbonyl (C=O) groups is 2. The Bertz CT molecular complexity index is 2230. The highest BCUT2D eigenvalue weighted by Gasteiger charge is 2.62. The van der Waals surface area contributed by atoms with Gasteiger partial charge in [0, 0.05) is 60.2 Å². The van der Waals surface area contributed by atoms with Gasteiger partial charge in [-0.2, -0.15) is 26.3 Å². The highest BCUT2D eigenvalue weighted by molar-refractivity contribution is 5.83. The number of hydrogen-bond donors (Lipinski definition) is 1. The monoisotopic (exact) mass is 847 g/mol. The molecule has 18 heteroatoms. The van der Waals surface area contributed by atoms with E-state index in [1.54, 1.807) is 12.1 Å². The van der Waals surface area contributed by atoms with Crippen molar-refractivity contribution in [2.24, 2.45) is 10.8 Å². The van der Waals surface area contributed by atoms with Crippen molar-refractivity contribution in [3.8, 4) is 5.75 Å². The topological polar surface area (TPSA) is 148 Å². The first-order valence-electron chi connectivity index (χ1n) is 19.4. The van der Waals surface area contributed by atoms with Crippen LogP contribution in [-0.2, 0) is 39.8 Å². The number of nitro benzene ring substituents is 2. The predicted octanol–water partition coefficient (Wildman–Crippen LogP) is 8.82. The van der Waals surface area contributed by atoms with Gasteiger partial charge in [0.1, 0.15) is 5.69 Å². The Morgan fingerprint density at radius 2 is 1.15 bits per heavy atom. The number of nitro groups is 2. The summed E-state index contributed by atoms with van der Waals surface area (Å²) in [6.07, 6.45) is -9.09. The molecule has 0 aromatic heterocycles. The molecule has 2 aliphatic heterocycles. The van der Waals surface area contributed by atoms with Gasteiger partial charge in [0.15, 0.2) is 5.75 Å². The zero-order valence-electron chi connectivity index (χ0n) is 34.2. The van der Waals surface area contributed by atoms with Crippen LogP contribution in [0.3, 0.4) is 0 Å². The smallest absolute Gasteiger partial charge is 0.471 e. The number of halogens is 6. The minimum Gasteiger partial charge on any atom is -0.490 e. The Morgan fingerprint density at radius 1 is 0.717 bits per heavy atom. The number of likely N-dealkylation sites (tertiary alicyclic amines) is 2. The van der Waals surface area contributed by atoms with Crippen molar-refractivity contribution in [2.75, 3.05) is 25.5 Å². The molecule has 7 rings (SSSR count). The lowest BCUT2D eigenvalue weighted by molar-refractivity contribution is -0.385. The molecule has 2 aliphatic carbocycles. The van der Waals surface area contributed by atoms with Gasteiger partial charge in [0.2, 0.25) is 0 Å². The van der Waals surface area contributed by atoms with Gasteiger partial charge >= 0.3 is 29.9 Å². The molecule has 2 heterocycles. The number of ether oxygens (including phenoxy) is 1. The number of alkyl halides is 6. The van der Waals surface area contributed by atoms with Gasteiger partial charge in [0.05, 0.1) is 17.0 Å². The molecular formula is C42H47F6N5O7. The van der Waals surface area contributed by atoms with Crippen LogP contribution >= 0.6 is 0 Å². The van der Waals surface area contributed by atoms with Crippen molar-refractivity contribution < 1.29 is 50.5 Å². The number of anilines is 1. The summed E-state index contributed by atoms with van der Waals surface area (Å²) >= 11 is 0. The van der Waals surface area contributed by atoms with Crippen LogP contribution in [0.4, 0.5) is 43.4 Å². The van der Waals surface area contributed by atoms with Crippen LogP contribution in [0.15, 0.2) is 54.6 Å². The van der Waals surface area contributed by atoms with Crippen molar-refractivity contribution in [1.82, 2.24) is 9.80 Å². The minimum absolute atomic E-state index is 0.00779. The van der Waals surface area contributed by atoms with Gasteiger partial charge in [0.25, 0.3) is 5.69 Å². The van der Waals surface area contributed by atoms with Gasteiger partial charge in [-0.25, -0.2) is 0 Å². The molecule has 2 amide bonds. The summed E-state index contributed by atoms with van der Waals surface area (Å²) in [5.41, 5.74) is 1.33. The maximum absolute atomic E-state index is 13.4. The summed E-state index contributed by atoms with van der Waals surface area (Å²) in [6, 6.07) is 14.1. The molecule has 0 unspecified atom stereocenters. The number of rotatable bonds is 6. The number of fused-ring (bicyclic) bond motifs is 8. The summed E-state index contributed by atoms with van der Waals surface area (Å²) in [5, 5.41) is 26.3. The van der Waals surface area contributed by atoms with Gasteiger partial charge in [-0.3, -0.25) is 29.8 Å². The lowest BCUT2D eigenvalue weighted by Crippen LogP contribution is -2.66. The highest BCUT2D eigenvalue weighted by atomic mass is 19.4.